The molecule has 1 aromatic carbocycles. The molecule has 0 saturated carbocycles. The molecule has 0 bridgehead atoms. The van der Waals surface area contributed by atoms with E-state index in [2.05, 4.69) is 46.0 Å². The first-order valence-electron chi connectivity index (χ1n) is 8.31. The van der Waals surface area contributed by atoms with Gasteiger partial charge in [-0.1, -0.05) is 6.07 Å². The Labute approximate surface area is 142 Å². The Hall–Kier alpha value is -2.34. The predicted molar refractivity (Wildman–Crippen MR) is 91.6 cm³/mol. The van der Waals surface area contributed by atoms with Crippen molar-refractivity contribution in [1.29, 1.82) is 0 Å². The van der Waals surface area contributed by atoms with Gasteiger partial charge in [0.05, 0.1) is 5.69 Å². The number of likely N-dealkylation sites (N-methyl/N-ethyl adjacent to an activating group) is 1. The van der Waals surface area contributed by atoms with Crippen LogP contribution in [0, 0.1) is 0 Å². The van der Waals surface area contributed by atoms with Crippen LogP contribution in [-0.2, 0) is 19.5 Å². The Morgan fingerprint density at radius 1 is 1.17 bits per heavy atom. The van der Waals surface area contributed by atoms with Gasteiger partial charge in [-0.2, -0.15) is 0 Å². The van der Waals surface area contributed by atoms with Crippen LogP contribution in [0.1, 0.15) is 16.8 Å². The summed E-state index contributed by atoms with van der Waals surface area (Å²) in [5, 5.41) is 0. The van der Waals surface area contributed by atoms with E-state index in [1.807, 2.05) is 6.07 Å². The first-order chi connectivity index (χ1) is 11.7. The zero-order chi connectivity index (χ0) is 16.5. The number of benzene rings is 1. The summed E-state index contributed by atoms with van der Waals surface area (Å²) in [4.78, 5) is 13.5. The quantitative estimate of drug-likeness (QED) is 0.858. The van der Waals surface area contributed by atoms with Gasteiger partial charge in [-0.3, -0.25) is 0 Å². The highest BCUT2D eigenvalue weighted by Crippen LogP contribution is 2.32. The maximum Gasteiger partial charge on any atom is 0.161 e. The molecule has 24 heavy (non-hydrogen) atoms. The lowest BCUT2D eigenvalue weighted by Crippen LogP contribution is -2.30. The number of hydrogen-bond donors (Lipinski definition) is 0. The Morgan fingerprint density at radius 3 is 2.88 bits per heavy atom. The van der Waals surface area contributed by atoms with Crippen LogP contribution >= 0.6 is 0 Å². The van der Waals surface area contributed by atoms with Crippen molar-refractivity contribution in [2.24, 2.45) is 0 Å². The maximum atomic E-state index is 5.68. The van der Waals surface area contributed by atoms with Gasteiger partial charge in [0.25, 0.3) is 0 Å². The lowest BCUT2D eigenvalue weighted by atomic mass is 10.1. The Bertz CT molecular complexity index is 750. The minimum atomic E-state index is 0.609. The smallest absolute Gasteiger partial charge is 0.161 e. The number of rotatable bonds is 3. The molecule has 3 heterocycles. The molecule has 0 amide bonds. The van der Waals surface area contributed by atoms with Gasteiger partial charge in [0, 0.05) is 38.7 Å². The zero-order valence-corrected chi connectivity index (χ0v) is 14.2. The summed E-state index contributed by atoms with van der Waals surface area (Å²) in [5.41, 5.74) is 3.59. The Kier molecular flexibility index (Phi) is 3.98. The SMILES string of the molecule is CN1CCc2ncnc(N(C)Cc3ccc4c(c3)OCCO4)c2C1. The van der Waals surface area contributed by atoms with Crippen molar-refractivity contribution in [3.63, 3.8) is 0 Å². The number of hydrogen-bond acceptors (Lipinski definition) is 6. The van der Waals surface area contributed by atoms with Gasteiger partial charge in [0.1, 0.15) is 25.4 Å². The third-order valence-electron chi connectivity index (χ3n) is 4.56. The number of fused-ring (bicyclic) bond motifs is 2. The van der Waals surface area contributed by atoms with Gasteiger partial charge in [-0.25, -0.2) is 9.97 Å². The molecule has 6 heteroatoms. The van der Waals surface area contributed by atoms with E-state index in [9.17, 15) is 0 Å². The second-order valence-electron chi connectivity index (χ2n) is 6.44. The molecule has 0 spiro atoms. The van der Waals surface area contributed by atoms with E-state index in [4.69, 9.17) is 9.47 Å². The van der Waals surface area contributed by atoms with Crippen LogP contribution in [0.2, 0.25) is 0 Å². The molecule has 0 unspecified atom stereocenters. The second kappa shape index (κ2) is 6.28. The zero-order valence-electron chi connectivity index (χ0n) is 14.2. The summed E-state index contributed by atoms with van der Waals surface area (Å²) in [5.74, 6) is 2.67. The van der Waals surface area contributed by atoms with E-state index in [0.717, 1.165) is 43.4 Å². The molecular weight excluding hydrogens is 304 g/mol. The van der Waals surface area contributed by atoms with E-state index < -0.39 is 0 Å². The third-order valence-corrected chi connectivity index (χ3v) is 4.56. The van der Waals surface area contributed by atoms with Crippen molar-refractivity contribution in [2.75, 3.05) is 38.8 Å². The minimum Gasteiger partial charge on any atom is -0.486 e. The van der Waals surface area contributed by atoms with Gasteiger partial charge in [-0.15, -0.1) is 0 Å². The first-order valence-corrected chi connectivity index (χ1v) is 8.31. The molecular formula is C18H22N4O2. The van der Waals surface area contributed by atoms with Gasteiger partial charge >= 0.3 is 0 Å². The van der Waals surface area contributed by atoms with Gasteiger partial charge in [0.2, 0.25) is 0 Å². The number of aromatic nitrogens is 2. The summed E-state index contributed by atoms with van der Waals surface area (Å²) < 4.78 is 11.3. The predicted octanol–water partition coefficient (Wildman–Crippen LogP) is 1.87. The fraction of sp³-hybridized carbons (Fsp3) is 0.444. The van der Waals surface area contributed by atoms with Crippen molar-refractivity contribution < 1.29 is 9.47 Å². The van der Waals surface area contributed by atoms with E-state index in [-0.39, 0.29) is 0 Å². The molecule has 0 radical (unpaired) electrons. The summed E-state index contributed by atoms with van der Waals surface area (Å²) in [6.45, 7) is 3.95. The summed E-state index contributed by atoms with van der Waals surface area (Å²) in [7, 11) is 4.22. The number of ether oxygens (including phenoxy) is 2. The lowest BCUT2D eigenvalue weighted by molar-refractivity contribution is 0.171. The first kappa shape index (κ1) is 15.2. The van der Waals surface area contributed by atoms with Crippen molar-refractivity contribution in [3.05, 3.63) is 41.3 Å². The largest absolute Gasteiger partial charge is 0.486 e. The Balaban J connectivity index is 1.58. The molecule has 0 aliphatic carbocycles. The van der Waals surface area contributed by atoms with E-state index >= 15 is 0 Å². The second-order valence-corrected chi connectivity index (χ2v) is 6.44. The van der Waals surface area contributed by atoms with Crippen molar-refractivity contribution in [2.45, 2.75) is 19.5 Å². The van der Waals surface area contributed by atoms with Crippen LogP contribution in [-0.4, -0.2) is 48.7 Å². The van der Waals surface area contributed by atoms with Gasteiger partial charge in [-0.05, 0) is 24.7 Å². The Morgan fingerprint density at radius 2 is 2.00 bits per heavy atom. The molecule has 2 aliphatic heterocycles. The molecule has 4 rings (SSSR count). The molecule has 2 aliphatic rings. The fourth-order valence-electron chi connectivity index (χ4n) is 3.33. The van der Waals surface area contributed by atoms with Crippen LogP contribution in [0.5, 0.6) is 11.5 Å². The number of anilines is 1. The highest BCUT2D eigenvalue weighted by atomic mass is 16.6. The average Bonchev–Trinajstić information content (AvgIpc) is 2.61. The third kappa shape index (κ3) is 2.89. The van der Waals surface area contributed by atoms with Crippen LogP contribution in [0.3, 0.4) is 0 Å². The van der Waals surface area contributed by atoms with Crippen molar-refractivity contribution >= 4 is 5.82 Å². The normalized spacial score (nSPS) is 16.6. The van der Waals surface area contributed by atoms with E-state index in [1.165, 1.54) is 16.8 Å². The van der Waals surface area contributed by atoms with Crippen LogP contribution in [0.4, 0.5) is 5.82 Å². The molecule has 0 fully saturated rings. The fourth-order valence-corrected chi connectivity index (χ4v) is 3.33. The standard InChI is InChI=1S/C18H22N4O2/c1-21-6-5-15-14(11-21)18(20-12-19-15)22(2)10-13-3-4-16-17(9-13)24-8-7-23-16/h3-4,9,12H,5-8,10-11H2,1-2H3. The number of nitrogens with zero attached hydrogens (tertiary/aromatic N) is 4. The van der Waals surface area contributed by atoms with Gasteiger partial charge < -0.3 is 19.3 Å². The highest BCUT2D eigenvalue weighted by molar-refractivity contribution is 5.50. The van der Waals surface area contributed by atoms with Crippen LogP contribution in [0.25, 0.3) is 0 Å². The van der Waals surface area contributed by atoms with Crippen molar-refractivity contribution in [3.8, 4) is 11.5 Å². The van der Waals surface area contributed by atoms with E-state index in [1.54, 1.807) is 6.33 Å². The molecule has 0 saturated heterocycles. The maximum absolute atomic E-state index is 5.68. The molecule has 0 N–H and O–H groups in total. The van der Waals surface area contributed by atoms with Crippen LogP contribution in [0.15, 0.2) is 24.5 Å². The molecule has 1 aromatic heterocycles. The highest BCUT2D eigenvalue weighted by Gasteiger charge is 2.21. The average molecular weight is 326 g/mol. The van der Waals surface area contributed by atoms with Crippen molar-refractivity contribution in [1.82, 2.24) is 14.9 Å². The summed E-state index contributed by atoms with van der Waals surface area (Å²) >= 11 is 0. The van der Waals surface area contributed by atoms with E-state index in [0.29, 0.717) is 13.2 Å². The molecule has 126 valence electrons. The summed E-state index contributed by atoms with van der Waals surface area (Å²) in [6.07, 6.45) is 2.67. The molecule has 0 atom stereocenters. The molecule has 6 nitrogen and oxygen atoms in total. The monoisotopic (exact) mass is 326 g/mol. The topological polar surface area (TPSA) is 50.7 Å². The van der Waals surface area contributed by atoms with Crippen LogP contribution < -0.4 is 14.4 Å². The lowest BCUT2D eigenvalue weighted by Gasteiger charge is -2.29. The molecule has 2 aromatic rings. The summed E-state index contributed by atoms with van der Waals surface area (Å²) in [6, 6.07) is 6.13. The van der Waals surface area contributed by atoms with Gasteiger partial charge in [0.15, 0.2) is 11.5 Å². The minimum absolute atomic E-state index is 0.609.